The maximum absolute atomic E-state index is 6.42. The molecule has 1 fully saturated rings. The van der Waals surface area contributed by atoms with Crippen LogP contribution in [0.3, 0.4) is 0 Å². The summed E-state index contributed by atoms with van der Waals surface area (Å²) in [7, 11) is 2.04. The van der Waals surface area contributed by atoms with Crippen LogP contribution in [0.2, 0.25) is 0 Å². The number of hydrogen-bond acceptors (Lipinski definition) is 2. The van der Waals surface area contributed by atoms with E-state index < -0.39 is 0 Å². The monoisotopic (exact) mass is 261 g/mol. The molecule has 1 saturated carbocycles. The number of rotatable bonds is 4. The van der Waals surface area contributed by atoms with Crippen molar-refractivity contribution in [2.45, 2.75) is 52.6 Å². The van der Waals surface area contributed by atoms with Gasteiger partial charge < -0.3 is 10.1 Å². The SMILES string of the molecule is CNCC1CCCCC1Oc1c(C)ccc(C)c1C. The molecule has 0 spiro atoms. The topological polar surface area (TPSA) is 21.3 Å². The largest absolute Gasteiger partial charge is 0.490 e. The van der Waals surface area contributed by atoms with Crippen LogP contribution in [0.25, 0.3) is 0 Å². The van der Waals surface area contributed by atoms with E-state index in [9.17, 15) is 0 Å². The third kappa shape index (κ3) is 3.30. The van der Waals surface area contributed by atoms with Gasteiger partial charge >= 0.3 is 0 Å². The third-order valence-electron chi connectivity index (χ3n) is 4.45. The minimum atomic E-state index is 0.375. The highest BCUT2D eigenvalue weighted by Crippen LogP contribution is 2.32. The normalized spacial score (nSPS) is 23.4. The van der Waals surface area contributed by atoms with Gasteiger partial charge in [0.1, 0.15) is 11.9 Å². The standard InChI is InChI=1S/C17H27NO/c1-12-9-10-13(2)17(14(12)3)19-16-8-6-5-7-15(16)11-18-4/h9-10,15-16,18H,5-8,11H2,1-4H3. The molecule has 2 atom stereocenters. The van der Waals surface area contributed by atoms with Crippen molar-refractivity contribution in [3.05, 3.63) is 28.8 Å². The van der Waals surface area contributed by atoms with Crippen molar-refractivity contribution in [1.29, 1.82) is 0 Å². The molecule has 2 rings (SSSR count). The van der Waals surface area contributed by atoms with Crippen LogP contribution in [0, 0.1) is 26.7 Å². The van der Waals surface area contributed by atoms with Crippen molar-refractivity contribution in [1.82, 2.24) is 5.32 Å². The molecule has 1 aliphatic carbocycles. The second-order valence-electron chi connectivity index (χ2n) is 5.91. The molecule has 2 heteroatoms. The first-order chi connectivity index (χ1) is 9.13. The zero-order valence-corrected chi connectivity index (χ0v) is 12.8. The van der Waals surface area contributed by atoms with Crippen LogP contribution in [-0.2, 0) is 0 Å². The van der Waals surface area contributed by atoms with Gasteiger partial charge in [0, 0.05) is 12.5 Å². The third-order valence-corrected chi connectivity index (χ3v) is 4.45. The summed E-state index contributed by atoms with van der Waals surface area (Å²) in [5.41, 5.74) is 3.88. The summed E-state index contributed by atoms with van der Waals surface area (Å²) in [6.45, 7) is 7.55. The van der Waals surface area contributed by atoms with Crippen molar-refractivity contribution in [3.63, 3.8) is 0 Å². The molecule has 1 aliphatic rings. The highest BCUT2D eigenvalue weighted by atomic mass is 16.5. The van der Waals surface area contributed by atoms with E-state index in [0.717, 1.165) is 12.3 Å². The number of hydrogen-bond donors (Lipinski definition) is 1. The van der Waals surface area contributed by atoms with Crippen LogP contribution < -0.4 is 10.1 Å². The van der Waals surface area contributed by atoms with E-state index in [1.54, 1.807) is 0 Å². The predicted molar refractivity (Wildman–Crippen MR) is 81.0 cm³/mol. The van der Waals surface area contributed by atoms with Gasteiger partial charge in [-0.05, 0) is 63.8 Å². The first-order valence-corrected chi connectivity index (χ1v) is 7.51. The molecule has 0 aromatic heterocycles. The van der Waals surface area contributed by atoms with E-state index in [2.05, 4.69) is 38.2 Å². The van der Waals surface area contributed by atoms with Gasteiger partial charge in [-0.1, -0.05) is 18.6 Å². The highest BCUT2D eigenvalue weighted by molar-refractivity contribution is 5.44. The summed E-state index contributed by atoms with van der Waals surface area (Å²) in [5.74, 6) is 1.77. The first kappa shape index (κ1) is 14.4. The minimum Gasteiger partial charge on any atom is -0.490 e. The molecule has 0 aliphatic heterocycles. The molecule has 19 heavy (non-hydrogen) atoms. The molecule has 106 valence electrons. The summed E-state index contributed by atoms with van der Waals surface area (Å²) in [4.78, 5) is 0. The summed E-state index contributed by atoms with van der Waals surface area (Å²) in [6, 6.07) is 4.36. The number of ether oxygens (including phenoxy) is 1. The van der Waals surface area contributed by atoms with Gasteiger partial charge in [0.05, 0.1) is 0 Å². The number of benzene rings is 1. The zero-order valence-electron chi connectivity index (χ0n) is 12.8. The average molecular weight is 261 g/mol. The van der Waals surface area contributed by atoms with Crippen LogP contribution in [0.5, 0.6) is 5.75 Å². The van der Waals surface area contributed by atoms with Crippen LogP contribution in [-0.4, -0.2) is 19.7 Å². The van der Waals surface area contributed by atoms with E-state index in [1.807, 2.05) is 7.05 Å². The highest BCUT2D eigenvalue weighted by Gasteiger charge is 2.27. The maximum atomic E-state index is 6.42. The van der Waals surface area contributed by atoms with E-state index in [1.165, 1.54) is 42.4 Å². The van der Waals surface area contributed by atoms with Crippen LogP contribution in [0.1, 0.15) is 42.4 Å². The van der Waals surface area contributed by atoms with Gasteiger partial charge in [-0.25, -0.2) is 0 Å². The molecule has 1 aromatic carbocycles. The van der Waals surface area contributed by atoms with Gasteiger partial charge in [-0.3, -0.25) is 0 Å². The Labute approximate surface area is 117 Å². The Morgan fingerprint density at radius 3 is 2.53 bits per heavy atom. The fourth-order valence-electron chi connectivity index (χ4n) is 3.08. The van der Waals surface area contributed by atoms with E-state index in [0.29, 0.717) is 12.0 Å². The molecule has 0 saturated heterocycles. The van der Waals surface area contributed by atoms with Crippen molar-refractivity contribution in [2.75, 3.05) is 13.6 Å². The second kappa shape index (κ2) is 6.42. The first-order valence-electron chi connectivity index (χ1n) is 7.51. The summed E-state index contributed by atoms with van der Waals surface area (Å²) >= 11 is 0. The Kier molecular flexibility index (Phi) is 4.87. The smallest absolute Gasteiger partial charge is 0.125 e. The minimum absolute atomic E-state index is 0.375. The van der Waals surface area contributed by atoms with Crippen molar-refractivity contribution in [3.8, 4) is 5.75 Å². The Balaban J connectivity index is 2.17. The molecule has 0 amide bonds. The lowest BCUT2D eigenvalue weighted by atomic mass is 9.86. The van der Waals surface area contributed by atoms with Crippen molar-refractivity contribution in [2.24, 2.45) is 5.92 Å². The zero-order chi connectivity index (χ0) is 13.8. The molecule has 2 unspecified atom stereocenters. The molecular formula is C17H27NO. The van der Waals surface area contributed by atoms with Gasteiger partial charge in [0.25, 0.3) is 0 Å². The Morgan fingerprint density at radius 2 is 1.79 bits per heavy atom. The molecular weight excluding hydrogens is 234 g/mol. The van der Waals surface area contributed by atoms with Crippen LogP contribution >= 0.6 is 0 Å². The molecule has 1 aromatic rings. The lowest BCUT2D eigenvalue weighted by molar-refractivity contribution is 0.0916. The quantitative estimate of drug-likeness (QED) is 0.891. The Morgan fingerprint density at radius 1 is 1.11 bits per heavy atom. The lowest BCUT2D eigenvalue weighted by Gasteiger charge is -2.33. The van der Waals surface area contributed by atoms with Crippen molar-refractivity contribution < 1.29 is 4.74 Å². The fourth-order valence-corrected chi connectivity index (χ4v) is 3.08. The summed E-state index contributed by atoms with van der Waals surface area (Å²) in [6.07, 6.45) is 5.50. The molecule has 0 bridgehead atoms. The van der Waals surface area contributed by atoms with Crippen LogP contribution in [0.4, 0.5) is 0 Å². The van der Waals surface area contributed by atoms with Gasteiger partial charge in [0.15, 0.2) is 0 Å². The Bertz CT molecular complexity index is 426. The molecule has 1 N–H and O–H groups in total. The Hall–Kier alpha value is -1.02. The predicted octanol–water partition coefficient (Wildman–Crippen LogP) is 3.77. The fraction of sp³-hybridized carbons (Fsp3) is 0.647. The number of nitrogens with one attached hydrogen (secondary N) is 1. The van der Waals surface area contributed by atoms with Gasteiger partial charge in [0.2, 0.25) is 0 Å². The summed E-state index contributed by atoms with van der Waals surface area (Å²) in [5, 5.41) is 3.31. The summed E-state index contributed by atoms with van der Waals surface area (Å²) < 4.78 is 6.42. The van der Waals surface area contributed by atoms with Crippen LogP contribution in [0.15, 0.2) is 12.1 Å². The molecule has 0 radical (unpaired) electrons. The van der Waals surface area contributed by atoms with Gasteiger partial charge in [-0.2, -0.15) is 0 Å². The van der Waals surface area contributed by atoms with Crippen molar-refractivity contribution >= 4 is 0 Å². The van der Waals surface area contributed by atoms with E-state index in [-0.39, 0.29) is 0 Å². The maximum Gasteiger partial charge on any atom is 0.125 e. The second-order valence-corrected chi connectivity index (χ2v) is 5.91. The molecule has 0 heterocycles. The average Bonchev–Trinajstić information content (AvgIpc) is 2.41. The van der Waals surface area contributed by atoms with Gasteiger partial charge in [-0.15, -0.1) is 0 Å². The number of aryl methyl sites for hydroxylation is 2. The van der Waals surface area contributed by atoms with E-state index in [4.69, 9.17) is 4.74 Å². The molecule has 2 nitrogen and oxygen atoms in total. The van der Waals surface area contributed by atoms with E-state index >= 15 is 0 Å². The lowest BCUT2D eigenvalue weighted by Crippen LogP contribution is -2.36.